The summed E-state index contributed by atoms with van der Waals surface area (Å²) in [5.41, 5.74) is 1.71. The first-order valence-corrected chi connectivity index (χ1v) is 10.1. The predicted octanol–water partition coefficient (Wildman–Crippen LogP) is -0.219. The van der Waals surface area contributed by atoms with Gasteiger partial charge in [-0.25, -0.2) is 9.67 Å². The van der Waals surface area contributed by atoms with Crippen molar-refractivity contribution in [3.05, 3.63) is 57.8 Å². The third-order valence-electron chi connectivity index (χ3n) is 5.41. The van der Waals surface area contributed by atoms with Gasteiger partial charge in [0, 0.05) is 30.6 Å². The van der Waals surface area contributed by atoms with E-state index in [0.29, 0.717) is 24.2 Å². The Morgan fingerprint density at radius 3 is 2.73 bits per heavy atom. The highest BCUT2D eigenvalue weighted by Crippen LogP contribution is 2.12. The molecule has 1 aromatic carbocycles. The summed E-state index contributed by atoms with van der Waals surface area (Å²) in [5.74, 6) is 2.27. The van der Waals surface area contributed by atoms with Crippen molar-refractivity contribution in [3.63, 3.8) is 0 Å². The van der Waals surface area contributed by atoms with Crippen LogP contribution in [0.1, 0.15) is 29.9 Å². The molecule has 10 heteroatoms. The molecule has 0 radical (unpaired) electrons. The number of ether oxygens (including phenoxy) is 1. The zero-order chi connectivity index (χ0) is 20.9. The Bertz CT molecular complexity index is 1020. The average molecular weight is 411 g/mol. The standard InChI is InChI=1S/C20H26N8O2/c1-14-11-19(29)23-20(21-14)22-16-7-9-27(10-8-16)13-18-24-25-26-28(18)12-15-3-5-17(30-2)6-4-15/h3-6,11,16H,7-10,12-13H2,1-2H3,(H2,21,22,23,29)/p+1. The van der Waals surface area contributed by atoms with Gasteiger partial charge in [-0.05, 0) is 35.0 Å². The largest absolute Gasteiger partial charge is 0.497 e. The van der Waals surface area contributed by atoms with E-state index in [4.69, 9.17) is 4.74 Å². The number of aryl methyl sites for hydroxylation is 1. The Hall–Kier alpha value is -3.27. The third-order valence-corrected chi connectivity index (χ3v) is 5.41. The van der Waals surface area contributed by atoms with E-state index in [0.717, 1.165) is 49.6 Å². The lowest BCUT2D eigenvalue weighted by Crippen LogP contribution is -3.12. The van der Waals surface area contributed by atoms with Crippen molar-refractivity contribution in [2.75, 3.05) is 25.5 Å². The number of benzene rings is 1. The molecule has 3 N–H and O–H groups in total. The zero-order valence-corrected chi connectivity index (χ0v) is 17.3. The number of hydrogen-bond acceptors (Lipinski definition) is 7. The smallest absolute Gasteiger partial charge is 0.252 e. The van der Waals surface area contributed by atoms with Gasteiger partial charge in [-0.15, -0.1) is 5.10 Å². The molecule has 10 nitrogen and oxygen atoms in total. The molecule has 1 saturated heterocycles. The van der Waals surface area contributed by atoms with Crippen molar-refractivity contribution < 1.29 is 9.64 Å². The molecule has 1 aliphatic heterocycles. The van der Waals surface area contributed by atoms with Crippen LogP contribution >= 0.6 is 0 Å². The number of methoxy groups -OCH3 is 1. The van der Waals surface area contributed by atoms with E-state index in [9.17, 15) is 4.79 Å². The Labute approximate surface area is 174 Å². The van der Waals surface area contributed by atoms with E-state index in [1.165, 1.54) is 11.0 Å². The van der Waals surface area contributed by atoms with Gasteiger partial charge in [0.25, 0.3) is 5.56 Å². The van der Waals surface area contributed by atoms with Crippen LogP contribution in [-0.2, 0) is 13.1 Å². The van der Waals surface area contributed by atoms with Gasteiger partial charge < -0.3 is 15.0 Å². The van der Waals surface area contributed by atoms with E-state index in [2.05, 4.69) is 30.8 Å². The number of rotatable bonds is 7. The van der Waals surface area contributed by atoms with Gasteiger partial charge in [-0.1, -0.05) is 12.1 Å². The number of H-pyrrole nitrogens is 1. The van der Waals surface area contributed by atoms with E-state index in [1.54, 1.807) is 7.11 Å². The normalized spacial score (nSPS) is 18.9. The maximum atomic E-state index is 11.6. The predicted molar refractivity (Wildman–Crippen MR) is 111 cm³/mol. The molecule has 1 fully saturated rings. The van der Waals surface area contributed by atoms with Gasteiger partial charge in [0.2, 0.25) is 11.8 Å². The topological polar surface area (TPSA) is 115 Å². The second-order valence-electron chi connectivity index (χ2n) is 7.68. The minimum Gasteiger partial charge on any atom is -0.497 e. The molecule has 0 atom stereocenters. The van der Waals surface area contributed by atoms with Crippen LogP contribution in [-0.4, -0.2) is 56.4 Å². The highest BCUT2D eigenvalue weighted by molar-refractivity contribution is 5.27. The highest BCUT2D eigenvalue weighted by atomic mass is 16.5. The lowest BCUT2D eigenvalue weighted by Gasteiger charge is -2.29. The second kappa shape index (κ2) is 9.04. The minimum atomic E-state index is -0.128. The van der Waals surface area contributed by atoms with Crippen LogP contribution in [0.5, 0.6) is 5.75 Å². The first kappa shape index (κ1) is 20.0. The van der Waals surface area contributed by atoms with Gasteiger partial charge in [-0.3, -0.25) is 9.78 Å². The summed E-state index contributed by atoms with van der Waals surface area (Å²) in [4.78, 5) is 20.2. The molecular formula is C20H27N8O2+. The Morgan fingerprint density at radius 1 is 1.27 bits per heavy atom. The monoisotopic (exact) mass is 411 g/mol. The van der Waals surface area contributed by atoms with Crippen LogP contribution in [0.4, 0.5) is 5.95 Å². The summed E-state index contributed by atoms with van der Waals surface area (Å²) < 4.78 is 7.07. The number of likely N-dealkylation sites (tertiary alicyclic amines) is 1. The van der Waals surface area contributed by atoms with Crippen molar-refractivity contribution >= 4 is 5.95 Å². The molecule has 0 unspecified atom stereocenters. The zero-order valence-electron chi connectivity index (χ0n) is 17.3. The molecule has 2 aromatic heterocycles. The minimum absolute atomic E-state index is 0.128. The van der Waals surface area contributed by atoms with Crippen molar-refractivity contribution in [1.29, 1.82) is 0 Å². The molecular weight excluding hydrogens is 384 g/mol. The quantitative estimate of drug-likeness (QED) is 0.492. The Kier molecular flexibility index (Phi) is 6.03. The second-order valence-corrected chi connectivity index (χ2v) is 7.68. The average Bonchev–Trinajstić information content (AvgIpc) is 3.16. The SMILES string of the molecule is COc1ccc(Cn2nnnc2C[NH+]2CCC(Nc3nc(C)cc(=O)[nH]3)CC2)cc1. The fourth-order valence-corrected chi connectivity index (χ4v) is 3.79. The molecule has 0 amide bonds. The molecule has 30 heavy (non-hydrogen) atoms. The first-order chi connectivity index (χ1) is 14.6. The van der Waals surface area contributed by atoms with Crippen LogP contribution in [0.15, 0.2) is 35.1 Å². The lowest BCUT2D eigenvalue weighted by molar-refractivity contribution is -0.919. The van der Waals surface area contributed by atoms with E-state index in [-0.39, 0.29) is 5.56 Å². The fraction of sp³-hybridized carbons (Fsp3) is 0.450. The van der Waals surface area contributed by atoms with Crippen LogP contribution < -0.4 is 20.5 Å². The summed E-state index contributed by atoms with van der Waals surface area (Å²) in [6.07, 6.45) is 1.99. The molecule has 0 aliphatic carbocycles. The number of nitrogens with one attached hydrogen (secondary N) is 3. The van der Waals surface area contributed by atoms with Crippen molar-refractivity contribution in [1.82, 2.24) is 30.2 Å². The van der Waals surface area contributed by atoms with Gasteiger partial charge in [0.05, 0.1) is 26.7 Å². The number of anilines is 1. The molecule has 1 aliphatic rings. The molecule has 3 aromatic rings. The molecule has 0 saturated carbocycles. The van der Waals surface area contributed by atoms with Gasteiger partial charge in [0.1, 0.15) is 12.3 Å². The number of piperidine rings is 1. The molecule has 0 spiro atoms. The first-order valence-electron chi connectivity index (χ1n) is 10.1. The van der Waals surface area contributed by atoms with Crippen molar-refractivity contribution in [2.24, 2.45) is 0 Å². The van der Waals surface area contributed by atoms with Crippen molar-refractivity contribution in [2.45, 2.75) is 38.9 Å². The summed E-state index contributed by atoms with van der Waals surface area (Å²) in [6.45, 7) is 5.25. The summed E-state index contributed by atoms with van der Waals surface area (Å²) in [5, 5.41) is 15.6. The number of quaternary nitrogens is 1. The molecule has 0 bridgehead atoms. The summed E-state index contributed by atoms with van der Waals surface area (Å²) >= 11 is 0. The Balaban J connectivity index is 1.31. The molecule has 158 valence electrons. The number of aromatic nitrogens is 6. The lowest BCUT2D eigenvalue weighted by atomic mass is 10.1. The van der Waals surface area contributed by atoms with Crippen LogP contribution in [0.25, 0.3) is 0 Å². The van der Waals surface area contributed by atoms with Crippen LogP contribution in [0, 0.1) is 6.92 Å². The molecule has 3 heterocycles. The van der Waals surface area contributed by atoms with Gasteiger partial charge in [0.15, 0.2) is 0 Å². The highest BCUT2D eigenvalue weighted by Gasteiger charge is 2.24. The van der Waals surface area contributed by atoms with E-state index in [1.807, 2.05) is 35.9 Å². The maximum absolute atomic E-state index is 11.6. The number of aromatic amines is 1. The molecule has 4 rings (SSSR count). The van der Waals surface area contributed by atoms with Crippen molar-refractivity contribution in [3.8, 4) is 5.75 Å². The summed E-state index contributed by atoms with van der Waals surface area (Å²) in [6, 6.07) is 9.73. The van der Waals surface area contributed by atoms with Gasteiger partial charge >= 0.3 is 0 Å². The third kappa shape index (κ3) is 5.01. The maximum Gasteiger partial charge on any atom is 0.252 e. The fourth-order valence-electron chi connectivity index (χ4n) is 3.79. The van der Waals surface area contributed by atoms with Gasteiger partial charge in [-0.2, -0.15) is 0 Å². The van der Waals surface area contributed by atoms with E-state index >= 15 is 0 Å². The number of tetrazole rings is 1. The van der Waals surface area contributed by atoms with Crippen LogP contribution in [0.3, 0.4) is 0 Å². The number of nitrogens with zero attached hydrogens (tertiary/aromatic N) is 5. The Morgan fingerprint density at radius 2 is 2.03 bits per heavy atom. The number of hydrogen-bond donors (Lipinski definition) is 3. The summed E-state index contributed by atoms with van der Waals surface area (Å²) in [7, 11) is 1.66. The van der Waals surface area contributed by atoms with Crippen LogP contribution in [0.2, 0.25) is 0 Å². The van der Waals surface area contributed by atoms with E-state index < -0.39 is 0 Å².